The molecule has 1 aliphatic rings. The van der Waals surface area contributed by atoms with Crippen molar-refractivity contribution in [3.8, 4) is 0 Å². The Labute approximate surface area is 158 Å². The van der Waals surface area contributed by atoms with Gasteiger partial charge in [0.1, 0.15) is 0 Å². The van der Waals surface area contributed by atoms with Crippen molar-refractivity contribution in [3.05, 3.63) is 71.4 Å². The largest absolute Gasteiger partial charge is 0.462 e. The van der Waals surface area contributed by atoms with E-state index in [1.165, 1.54) is 0 Å². The first-order valence-electron chi connectivity index (χ1n) is 9.37. The zero-order valence-electron chi connectivity index (χ0n) is 15.6. The van der Waals surface area contributed by atoms with Crippen LogP contribution in [0, 0.1) is 0 Å². The van der Waals surface area contributed by atoms with Crippen LogP contribution < -0.4 is 5.32 Å². The van der Waals surface area contributed by atoms with Gasteiger partial charge in [0.15, 0.2) is 0 Å². The van der Waals surface area contributed by atoms with E-state index in [1.54, 1.807) is 0 Å². The van der Waals surface area contributed by atoms with Gasteiger partial charge in [0.2, 0.25) is 5.95 Å². The maximum atomic E-state index is 13.0. The molecule has 1 aromatic heterocycles. The summed E-state index contributed by atoms with van der Waals surface area (Å²) in [6.45, 7) is 4.43. The quantitative estimate of drug-likeness (QED) is 0.530. The predicted octanol–water partition coefficient (Wildman–Crippen LogP) is 4.67. The molecule has 1 aliphatic heterocycles. The number of ether oxygens (including phenoxy) is 1. The molecule has 1 atom stereocenters. The summed E-state index contributed by atoms with van der Waals surface area (Å²) in [6, 6.07) is 17.8. The van der Waals surface area contributed by atoms with Crippen molar-refractivity contribution in [3.63, 3.8) is 0 Å². The lowest BCUT2D eigenvalue weighted by atomic mass is 9.95. The lowest BCUT2D eigenvalue weighted by Gasteiger charge is -2.30. The zero-order chi connectivity index (χ0) is 18.8. The molecule has 0 spiro atoms. The van der Waals surface area contributed by atoms with E-state index < -0.39 is 0 Å². The molecule has 5 heteroatoms. The summed E-state index contributed by atoms with van der Waals surface area (Å²) in [5, 5.41) is 3.30. The summed E-state index contributed by atoms with van der Waals surface area (Å²) < 4.78 is 7.67. The molecule has 3 aromatic rings. The molecular weight excluding hydrogens is 338 g/mol. The molecule has 0 aliphatic carbocycles. The monoisotopic (exact) mass is 361 g/mol. The number of nitrogens with one attached hydrogen (secondary N) is 1. The van der Waals surface area contributed by atoms with Gasteiger partial charge in [-0.25, -0.2) is 9.78 Å². The fourth-order valence-corrected chi connectivity index (χ4v) is 3.57. The molecule has 0 saturated carbocycles. The fourth-order valence-electron chi connectivity index (χ4n) is 3.57. The number of benzene rings is 2. The smallest absolute Gasteiger partial charge is 0.338 e. The summed E-state index contributed by atoms with van der Waals surface area (Å²) in [4.78, 5) is 17.7. The van der Waals surface area contributed by atoms with Crippen LogP contribution in [0.25, 0.3) is 11.0 Å². The van der Waals surface area contributed by atoms with E-state index in [9.17, 15) is 4.79 Å². The van der Waals surface area contributed by atoms with Crippen LogP contribution in [0.4, 0.5) is 5.95 Å². The minimum Gasteiger partial charge on any atom is -0.462 e. The number of hydrogen-bond donors (Lipinski definition) is 1. The van der Waals surface area contributed by atoms with E-state index in [0.717, 1.165) is 41.1 Å². The van der Waals surface area contributed by atoms with Crippen LogP contribution in [0.2, 0.25) is 0 Å². The minimum atomic E-state index is -0.274. The van der Waals surface area contributed by atoms with E-state index in [4.69, 9.17) is 9.72 Å². The van der Waals surface area contributed by atoms with Crippen molar-refractivity contribution in [2.45, 2.75) is 32.7 Å². The van der Waals surface area contributed by atoms with Gasteiger partial charge in [-0.3, -0.25) is 4.57 Å². The van der Waals surface area contributed by atoms with Crippen molar-refractivity contribution >= 4 is 23.0 Å². The lowest BCUT2D eigenvalue weighted by molar-refractivity contribution is -0.139. The SMILES string of the molecule is CCCCOC(=O)C1=C(C)Nc2nc3ccccc3n2C1c1ccccc1. The Morgan fingerprint density at radius 3 is 2.67 bits per heavy atom. The van der Waals surface area contributed by atoms with Crippen molar-refractivity contribution in [2.24, 2.45) is 0 Å². The first-order valence-corrected chi connectivity index (χ1v) is 9.37. The number of imidazole rings is 1. The number of nitrogens with zero attached hydrogens (tertiary/aromatic N) is 2. The summed E-state index contributed by atoms with van der Waals surface area (Å²) in [5.74, 6) is 0.471. The molecule has 0 saturated heterocycles. The molecule has 0 radical (unpaired) electrons. The number of allylic oxidation sites excluding steroid dienone is 1. The molecule has 0 fully saturated rings. The molecule has 0 bridgehead atoms. The number of aromatic nitrogens is 2. The summed E-state index contributed by atoms with van der Waals surface area (Å²) in [7, 11) is 0. The van der Waals surface area contributed by atoms with Gasteiger partial charge >= 0.3 is 5.97 Å². The molecule has 2 aromatic carbocycles. The van der Waals surface area contributed by atoms with E-state index in [-0.39, 0.29) is 12.0 Å². The van der Waals surface area contributed by atoms with Crippen LogP contribution in [0.3, 0.4) is 0 Å². The van der Waals surface area contributed by atoms with Gasteiger partial charge in [-0.05, 0) is 31.0 Å². The van der Waals surface area contributed by atoms with Crippen molar-refractivity contribution in [1.82, 2.24) is 9.55 Å². The predicted molar refractivity (Wildman–Crippen MR) is 107 cm³/mol. The molecule has 5 nitrogen and oxygen atoms in total. The van der Waals surface area contributed by atoms with Gasteiger partial charge in [0.05, 0.1) is 29.3 Å². The topological polar surface area (TPSA) is 56.1 Å². The standard InChI is InChI=1S/C22H23N3O2/c1-3-4-14-27-21(26)19-15(2)23-22-24-17-12-8-9-13-18(17)25(22)20(19)16-10-6-5-7-11-16/h5-13,20H,3-4,14H2,1-2H3,(H,23,24). The Kier molecular flexibility index (Phi) is 4.67. The molecule has 138 valence electrons. The van der Waals surface area contributed by atoms with Crippen molar-refractivity contribution in [2.75, 3.05) is 11.9 Å². The molecule has 1 N–H and O–H groups in total. The van der Waals surface area contributed by atoms with Crippen molar-refractivity contribution < 1.29 is 9.53 Å². The third kappa shape index (κ3) is 3.10. The number of esters is 1. The second-order valence-electron chi connectivity index (χ2n) is 6.76. The first kappa shape index (κ1) is 17.3. The summed E-state index contributed by atoms with van der Waals surface area (Å²) >= 11 is 0. The third-order valence-electron chi connectivity index (χ3n) is 4.90. The Hall–Kier alpha value is -3.08. The zero-order valence-corrected chi connectivity index (χ0v) is 15.6. The van der Waals surface area contributed by atoms with E-state index in [1.807, 2.05) is 61.5 Å². The Balaban J connectivity index is 1.86. The minimum absolute atomic E-state index is 0.272. The number of para-hydroxylation sites is 2. The van der Waals surface area contributed by atoms with Gasteiger partial charge in [-0.2, -0.15) is 0 Å². The van der Waals surface area contributed by atoms with Gasteiger partial charge in [-0.1, -0.05) is 55.8 Å². The summed E-state index contributed by atoms with van der Waals surface area (Å²) in [5.41, 5.74) is 4.33. The van der Waals surface area contributed by atoms with Crippen LogP contribution in [0.5, 0.6) is 0 Å². The van der Waals surface area contributed by atoms with E-state index in [0.29, 0.717) is 12.2 Å². The highest BCUT2D eigenvalue weighted by molar-refractivity contribution is 5.94. The average Bonchev–Trinajstić information content (AvgIpc) is 3.05. The van der Waals surface area contributed by atoms with Gasteiger partial charge in [0, 0.05) is 5.70 Å². The van der Waals surface area contributed by atoms with Gasteiger partial charge < -0.3 is 10.1 Å². The molecule has 27 heavy (non-hydrogen) atoms. The van der Waals surface area contributed by atoms with Gasteiger partial charge in [-0.15, -0.1) is 0 Å². The number of carbonyl (C=O) groups excluding carboxylic acids is 1. The molecular formula is C22H23N3O2. The highest BCUT2D eigenvalue weighted by atomic mass is 16.5. The van der Waals surface area contributed by atoms with Crippen molar-refractivity contribution in [1.29, 1.82) is 0 Å². The van der Waals surface area contributed by atoms with E-state index >= 15 is 0 Å². The highest BCUT2D eigenvalue weighted by Gasteiger charge is 2.34. The Bertz CT molecular complexity index is 1000. The Morgan fingerprint density at radius 2 is 1.89 bits per heavy atom. The number of fused-ring (bicyclic) bond motifs is 3. The van der Waals surface area contributed by atoms with Crippen LogP contribution in [-0.2, 0) is 9.53 Å². The van der Waals surface area contributed by atoms with Crippen LogP contribution in [0.1, 0.15) is 38.3 Å². The maximum Gasteiger partial charge on any atom is 0.338 e. The molecule has 4 rings (SSSR count). The number of carbonyl (C=O) groups is 1. The number of rotatable bonds is 5. The lowest BCUT2D eigenvalue weighted by Crippen LogP contribution is -2.29. The first-order chi connectivity index (χ1) is 13.2. The third-order valence-corrected chi connectivity index (χ3v) is 4.90. The maximum absolute atomic E-state index is 13.0. The molecule has 1 unspecified atom stereocenters. The average molecular weight is 361 g/mol. The number of unbranched alkanes of at least 4 members (excludes halogenated alkanes) is 1. The fraction of sp³-hybridized carbons (Fsp3) is 0.273. The molecule has 2 heterocycles. The van der Waals surface area contributed by atoms with Crippen LogP contribution in [0.15, 0.2) is 65.9 Å². The second kappa shape index (κ2) is 7.27. The second-order valence-corrected chi connectivity index (χ2v) is 6.76. The highest BCUT2D eigenvalue weighted by Crippen LogP contribution is 2.39. The Morgan fingerprint density at radius 1 is 1.15 bits per heavy atom. The summed E-state index contributed by atoms with van der Waals surface area (Å²) in [6.07, 6.45) is 1.85. The normalized spacial score (nSPS) is 16.1. The van der Waals surface area contributed by atoms with Gasteiger partial charge in [0.25, 0.3) is 0 Å². The van der Waals surface area contributed by atoms with Crippen LogP contribution >= 0.6 is 0 Å². The van der Waals surface area contributed by atoms with Crippen LogP contribution in [-0.4, -0.2) is 22.1 Å². The number of hydrogen-bond acceptors (Lipinski definition) is 4. The number of anilines is 1. The van der Waals surface area contributed by atoms with E-state index in [2.05, 4.69) is 16.8 Å². The molecule has 0 amide bonds.